The van der Waals surface area contributed by atoms with E-state index in [0.717, 1.165) is 5.56 Å². The van der Waals surface area contributed by atoms with Gasteiger partial charge in [-0.15, -0.1) is 0 Å². The molecule has 2 rings (SSSR count). The summed E-state index contributed by atoms with van der Waals surface area (Å²) in [5, 5.41) is 5.80. The Bertz CT molecular complexity index is 702. The average molecular weight is 338 g/mol. The lowest BCUT2D eigenvalue weighted by atomic mass is 10.2. The summed E-state index contributed by atoms with van der Waals surface area (Å²) < 4.78 is 0. The highest BCUT2D eigenvalue weighted by atomic mass is 35.5. The Morgan fingerprint density at radius 2 is 1.68 bits per heavy atom. The van der Waals surface area contributed by atoms with E-state index in [2.05, 4.69) is 10.6 Å². The van der Waals surface area contributed by atoms with Gasteiger partial charge in [0.15, 0.2) is 0 Å². The first-order valence-corrected chi connectivity index (χ1v) is 7.10. The van der Waals surface area contributed by atoms with E-state index in [1.807, 2.05) is 0 Å². The van der Waals surface area contributed by atoms with Gasteiger partial charge in [-0.3, -0.25) is 9.59 Å². The second-order valence-electron chi connectivity index (χ2n) is 4.50. The molecule has 0 aliphatic heterocycles. The van der Waals surface area contributed by atoms with Crippen molar-refractivity contribution in [3.05, 3.63) is 58.1 Å². The van der Waals surface area contributed by atoms with Crippen LogP contribution in [-0.2, 0) is 16.1 Å². The molecular weight excluding hydrogens is 325 g/mol. The number of halogens is 2. The first-order chi connectivity index (χ1) is 10.5. The molecule has 0 atom stereocenters. The third kappa shape index (κ3) is 4.38. The van der Waals surface area contributed by atoms with E-state index in [1.54, 1.807) is 30.3 Å². The highest BCUT2D eigenvalue weighted by molar-refractivity contribution is 6.41. The maximum atomic E-state index is 11.8. The second kappa shape index (κ2) is 7.15. The van der Waals surface area contributed by atoms with Crippen LogP contribution in [0.5, 0.6) is 0 Å². The van der Waals surface area contributed by atoms with E-state index >= 15 is 0 Å². The quantitative estimate of drug-likeness (QED) is 0.594. The Morgan fingerprint density at radius 1 is 1.00 bits per heavy atom. The smallest absolute Gasteiger partial charge is 0.313 e. The first-order valence-electron chi connectivity index (χ1n) is 6.34. The summed E-state index contributed by atoms with van der Waals surface area (Å²) in [5.74, 6) is -1.57. The molecule has 0 bridgehead atoms. The number of rotatable bonds is 3. The number of nitrogens with one attached hydrogen (secondary N) is 2. The molecule has 0 radical (unpaired) electrons. The number of anilines is 2. The molecule has 0 fully saturated rings. The van der Waals surface area contributed by atoms with Gasteiger partial charge in [0.1, 0.15) is 0 Å². The monoisotopic (exact) mass is 337 g/mol. The van der Waals surface area contributed by atoms with Crippen molar-refractivity contribution >= 4 is 46.4 Å². The van der Waals surface area contributed by atoms with Gasteiger partial charge >= 0.3 is 11.8 Å². The summed E-state index contributed by atoms with van der Waals surface area (Å²) in [6.45, 7) is 0.221. The van der Waals surface area contributed by atoms with E-state index in [-0.39, 0.29) is 11.6 Å². The number of carbonyl (C=O) groups excluding carboxylic acids is 2. The zero-order valence-corrected chi connectivity index (χ0v) is 12.9. The average Bonchev–Trinajstić information content (AvgIpc) is 2.49. The lowest BCUT2D eigenvalue weighted by Gasteiger charge is -2.08. The summed E-state index contributed by atoms with van der Waals surface area (Å²) in [6.07, 6.45) is 0. The molecule has 4 N–H and O–H groups in total. The fourth-order valence-corrected chi connectivity index (χ4v) is 2.04. The molecule has 7 heteroatoms. The molecule has 0 saturated heterocycles. The van der Waals surface area contributed by atoms with E-state index < -0.39 is 11.8 Å². The van der Waals surface area contributed by atoms with Crippen LogP contribution in [0.2, 0.25) is 10.0 Å². The van der Waals surface area contributed by atoms with E-state index in [4.69, 9.17) is 28.9 Å². The van der Waals surface area contributed by atoms with Crippen molar-refractivity contribution < 1.29 is 9.59 Å². The number of hydrogen-bond donors (Lipinski definition) is 3. The van der Waals surface area contributed by atoms with Crippen molar-refractivity contribution in [2.45, 2.75) is 6.54 Å². The number of hydrogen-bond acceptors (Lipinski definition) is 3. The fourth-order valence-electron chi connectivity index (χ4n) is 1.68. The number of benzene rings is 2. The largest absolute Gasteiger partial charge is 0.399 e. The Balaban J connectivity index is 1.92. The molecule has 2 amide bonds. The number of nitrogens with two attached hydrogens (primary N) is 1. The van der Waals surface area contributed by atoms with Crippen molar-refractivity contribution in [1.82, 2.24) is 5.32 Å². The van der Waals surface area contributed by atoms with Crippen LogP contribution in [0.25, 0.3) is 0 Å². The summed E-state index contributed by atoms with van der Waals surface area (Å²) in [6, 6.07) is 11.5. The molecule has 114 valence electrons. The van der Waals surface area contributed by atoms with E-state index in [1.165, 1.54) is 12.1 Å². The molecule has 2 aromatic carbocycles. The molecule has 2 aromatic rings. The zero-order chi connectivity index (χ0) is 16.1. The minimum atomic E-state index is -0.805. The molecule has 5 nitrogen and oxygen atoms in total. The highest BCUT2D eigenvalue weighted by Crippen LogP contribution is 2.23. The SMILES string of the molecule is Nc1ccc(NC(=O)C(=O)NCc2ccc(Cl)cc2)c(Cl)c1. The van der Waals surface area contributed by atoms with Crippen LogP contribution in [0.4, 0.5) is 11.4 Å². The van der Waals surface area contributed by atoms with Gasteiger partial charge in [0, 0.05) is 17.3 Å². The standard InChI is InChI=1S/C15H13Cl2N3O2/c16-10-3-1-9(2-4-10)8-19-14(21)15(22)20-13-6-5-11(18)7-12(13)17/h1-7H,8,18H2,(H,19,21)(H,20,22). The van der Waals surface area contributed by atoms with Gasteiger partial charge in [-0.2, -0.15) is 0 Å². The Morgan fingerprint density at radius 3 is 2.32 bits per heavy atom. The number of amides is 2. The lowest BCUT2D eigenvalue weighted by Crippen LogP contribution is -2.35. The van der Waals surface area contributed by atoms with Crippen LogP contribution in [0.15, 0.2) is 42.5 Å². The van der Waals surface area contributed by atoms with Crippen LogP contribution in [0, 0.1) is 0 Å². The Labute approximate surface area is 137 Å². The molecule has 0 aromatic heterocycles. The maximum Gasteiger partial charge on any atom is 0.313 e. The topological polar surface area (TPSA) is 84.2 Å². The van der Waals surface area contributed by atoms with E-state index in [9.17, 15) is 9.59 Å². The molecule has 0 spiro atoms. The maximum absolute atomic E-state index is 11.8. The number of carbonyl (C=O) groups is 2. The van der Waals surface area contributed by atoms with Crippen molar-refractivity contribution in [2.24, 2.45) is 0 Å². The number of nitrogen functional groups attached to an aromatic ring is 1. The van der Waals surface area contributed by atoms with Crippen LogP contribution >= 0.6 is 23.2 Å². The van der Waals surface area contributed by atoms with Crippen LogP contribution in [0.1, 0.15) is 5.56 Å². The fraction of sp³-hybridized carbons (Fsp3) is 0.0667. The third-order valence-electron chi connectivity index (χ3n) is 2.81. The van der Waals surface area contributed by atoms with Gasteiger partial charge < -0.3 is 16.4 Å². The first kappa shape index (κ1) is 16.1. The summed E-state index contributed by atoms with van der Waals surface area (Å²) in [7, 11) is 0. The highest BCUT2D eigenvalue weighted by Gasteiger charge is 2.14. The van der Waals surface area contributed by atoms with Crippen LogP contribution in [-0.4, -0.2) is 11.8 Å². The Kier molecular flexibility index (Phi) is 5.25. The summed E-state index contributed by atoms with van der Waals surface area (Å²) in [4.78, 5) is 23.5. The minimum Gasteiger partial charge on any atom is -0.399 e. The van der Waals surface area contributed by atoms with Crippen molar-refractivity contribution in [3.63, 3.8) is 0 Å². The molecule has 0 heterocycles. The van der Waals surface area contributed by atoms with Gasteiger partial charge in [-0.05, 0) is 35.9 Å². The van der Waals surface area contributed by atoms with Gasteiger partial charge in [0.05, 0.1) is 10.7 Å². The molecule has 0 aliphatic rings. The molecule has 0 unspecified atom stereocenters. The van der Waals surface area contributed by atoms with E-state index in [0.29, 0.717) is 16.4 Å². The zero-order valence-electron chi connectivity index (χ0n) is 11.4. The van der Waals surface area contributed by atoms with Crippen molar-refractivity contribution in [2.75, 3.05) is 11.1 Å². The Hall–Kier alpha value is -2.24. The van der Waals surface area contributed by atoms with Crippen molar-refractivity contribution in [3.8, 4) is 0 Å². The van der Waals surface area contributed by atoms with Crippen LogP contribution in [0.3, 0.4) is 0 Å². The van der Waals surface area contributed by atoms with Gasteiger partial charge in [0.25, 0.3) is 0 Å². The second-order valence-corrected chi connectivity index (χ2v) is 5.35. The van der Waals surface area contributed by atoms with Gasteiger partial charge in [-0.1, -0.05) is 35.3 Å². The van der Waals surface area contributed by atoms with Crippen LogP contribution < -0.4 is 16.4 Å². The molecule has 0 saturated carbocycles. The predicted octanol–water partition coefficient (Wildman–Crippen LogP) is 2.83. The third-order valence-corrected chi connectivity index (χ3v) is 3.38. The van der Waals surface area contributed by atoms with Gasteiger partial charge in [0.2, 0.25) is 0 Å². The predicted molar refractivity (Wildman–Crippen MR) is 87.8 cm³/mol. The summed E-state index contributed by atoms with van der Waals surface area (Å²) in [5.41, 5.74) is 7.17. The van der Waals surface area contributed by atoms with Gasteiger partial charge in [-0.25, -0.2) is 0 Å². The normalized spacial score (nSPS) is 10.1. The molecular formula is C15H13Cl2N3O2. The molecule has 22 heavy (non-hydrogen) atoms. The lowest BCUT2D eigenvalue weighted by molar-refractivity contribution is -0.136. The molecule has 0 aliphatic carbocycles. The van der Waals surface area contributed by atoms with Crippen molar-refractivity contribution in [1.29, 1.82) is 0 Å². The minimum absolute atomic E-state index is 0.221. The summed E-state index contributed by atoms with van der Waals surface area (Å²) >= 11 is 11.7.